The number of benzene rings is 2. The molecule has 0 saturated carbocycles. The predicted molar refractivity (Wildman–Crippen MR) is 116 cm³/mol. The number of aliphatic hydroxyl groups excluding tert-OH is 1. The van der Waals surface area contributed by atoms with Gasteiger partial charge < -0.3 is 24.8 Å². The molecular weight excluding hydrogens is 396 g/mol. The van der Waals surface area contributed by atoms with E-state index in [1.165, 1.54) is 0 Å². The van der Waals surface area contributed by atoms with Crippen LogP contribution in [-0.4, -0.2) is 60.3 Å². The van der Waals surface area contributed by atoms with Gasteiger partial charge in [0.05, 0.1) is 12.6 Å². The normalized spacial score (nSPS) is 22.4. The third-order valence-corrected chi connectivity index (χ3v) is 6.04. The zero-order chi connectivity index (χ0) is 21.8. The summed E-state index contributed by atoms with van der Waals surface area (Å²) < 4.78 is 11.3. The standard InChI is InChI=1S/C24H28N2O5/c1-16-4-2-3-5-20(16)24(29)25-18-8-6-17(7-9-18)23-21(14-27)26(22(28)15-31-23)19-10-12-30-13-11-19/h2-9,19,21,23,27H,10-15H2,1H3,(H,25,29). The Balaban J connectivity index is 1.49. The SMILES string of the molecule is Cc1ccccc1C(=O)Nc1ccc(C2OCC(=O)N(C3CCOCC3)C2CO)cc1. The number of anilines is 1. The van der Waals surface area contributed by atoms with Crippen LogP contribution in [0.25, 0.3) is 0 Å². The second kappa shape index (κ2) is 9.60. The van der Waals surface area contributed by atoms with Crippen molar-refractivity contribution in [2.24, 2.45) is 0 Å². The first-order valence-electron chi connectivity index (χ1n) is 10.7. The van der Waals surface area contributed by atoms with Crippen molar-refractivity contribution < 1.29 is 24.2 Å². The van der Waals surface area contributed by atoms with Crippen molar-refractivity contribution in [1.82, 2.24) is 4.90 Å². The summed E-state index contributed by atoms with van der Waals surface area (Å²) in [6, 6.07) is 14.4. The summed E-state index contributed by atoms with van der Waals surface area (Å²) in [6.07, 6.45) is 1.10. The van der Waals surface area contributed by atoms with E-state index in [9.17, 15) is 14.7 Å². The van der Waals surface area contributed by atoms with Crippen LogP contribution in [0.3, 0.4) is 0 Å². The van der Waals surface area contributed by atoms with Crippen molar-refractivity contribution in [1.29, 1.82) is 0 Å². The number of morpholine rings is 1. The van der Waals surface area contributed by atoms with Gasteiger partial charge in [0.25, 0.3) is 5.91 Å². The fraction of sp³-hybridized carbons (Fsp3) is 0.417. The summed E-state index contributed by atoms with van der Waals surface area (Å²) in [7, 11) is 0. The number of amides is 2. The quantitative estimate of drug-likeness (QED) is 0.771. The molecule has 2 aliphatic rings. The molecule has 2 amide bonds. The third-order valence-electron chi connectivity index (χ3n) is 6.04. The number of aryl methyl sites for hydroxylation is 1. The van der Waals surface area contributed by atoms with Crippen LogP contribution in [0.4, 0.5) is 5.69 Å². The number of hydrogen-bond donors (Lipinski definition) is 2. The summed E-state index contributed by atoms with van der Waals surface area (Å²) in [5, 5.41) is 13.0. The molecule has 2 N–H and O–H groups in total. The monoisotopic (exact) mass is 424 g/mol. The average Bonchev–Trinajstić information content (AvgIpc) is 2.80. The molecule has 4 rings (SSSR count). The fourth-order valence-corrected chi connectivity index (χ4v) is 4.40. The molecule has 7 heteroatoms. The summed E-state index contributed by atoms with van der Waals surface area (Å²) in [5.41, 5.74) is 3.08. The summed E-state index contributed by atoms with van der Waals surface area (Å²) >= 11 is 0. The van der Waals surface area contributed by atoms with Gasteiger partial charge in [-0.3, -0.25) is 9.59 Å². The zero-order valence-corrected chi connectivity index (χ0v) is 17.6. The van der Waals surface area contributed by atoms with Crippen molar-refractivity contribution in [2.75, 3.05) is 31.7 Å². The highest BCUT2D eigenvalue weighted by Crippen LogP contribution is 2.33. The topological polar surface area (TPSA) is 88.1 Å². The molecule has 164 valence electrons. The van der Waals surface area contributed by atoms with Gasteiger partial charge in [0.1, 0.15) is 12.7 Å². The van der Waals surface area contributed by atoms with Crippen LogP contribution in [0.5, 0.6) is 0 Å². The molecule has 2 atom stereocenters. The van der Waals surface area contributed by atoms with E-state index in [0.29, 0.717) is 24.5 Å². The van der Waals surface area contributed by atoms with Crippen LogP contribution in [0.1, 0.15) is 40.4 Å². The van der Waals surface area contributed by atoms with Crippen molar-refractivity contribution in [3.8, 4) is 0 Å². The predicted octanol–water partition coefficient (Wildman–Crippen LogP) is 2.69. The van der Waals surface area contributed by atoms with Gasteiger partial charge in [0.2, 0.25) is 5.91 Å². The minimum atomic E-state index is -0.447. The van der Waals surface area contributed by atoms with Crippen LogP contribution < -0.4 is 5.32 Å². The smallest absolute Gasteiger partial charge is 0.255 e. The van der Waals surface area contributed by atoms with Gasteiger partial charge in [-0.25, -0.2) is 0 Å². The van der Waals surface area contributed by atoms with E-state index in [1.54, 1.807) is 11.0 Å². The number of nitrogens with one attached hydrogen (secondary N) is 1. The Labute approximate surface area is 182 Å². The van der Waals surface area contributed by atoms with Crippen LogP contribution in [-0.2, 0) is 14.3 Å². The molecule has 2 unspecified atom stereocenters. The Morgan fingerprint density at radius 1 is 1.13 bits per heavy atom. The number of nitrogens with zero attached hydrogens (tertiary/aromatic N) is 1. The molecule has 7 nitrogen and oxygen atoms in total. The molecule has 2 aliphatic heterocycles. The number of rotatable bonds is 5. The second-order valence-electron chi connectivity index (χ2n) is 8.02. The second-order valence-corrected chi connectivity index (χ2v) is 8.02. The highest BCUT2D eigenvalue weighted by Gasteiger charge is 2.41. The number of hydrogen-bond acceptors (Lipinski definition) is 5. The highest BCUT2D eigenvalue weighted by molar-refractivity contribution is 6.05. The van der Waals surface area contributed by atoms with E-state index >= 15 is 0 Å². The molecule has 2 aromatic rings. The molecular formula is C24H28N2O5. The minimum Gasteiger partial charge on any atom is -0.394 e. The molecule has 0 bridgehead atoms. The van der Waals surface area contributed by atoms with E-state index < -0.39 is 12.1 Å². The number of carbonyl (C=O) groups is 2. The highest BCUT2D eigenvalue weighted by atomic mass is 16.5. The summed E-state index contributed by atoms with van der Waals surface area (Å²) in [4.78, 5) is 26.9. The fourth-order valence-electron chi connectivity index (χ4n) is 4.40. The van der Waals surface area contributed by atoms with E-state index in [2.05, 4.69) is 5.32 Å². The van der Waals surface area contributed by atoms with Gasteiger partial charge in [-0.2, -0.15) is 0 Å². The Morgan fingerprint density at radius 2 is 1.84 bits per heavy atom. The van der Waals surface area contributed by atoms with Crippen LogP contribution in [0.15, 0.2) is 48.5 Å². The van der Waals surface area contributed by atoms with Gasteiger partial charge in [-0.15, -0.1) is 0 Å². The maximum atomic E-state index is 12.6. The minimum absolute atomic E-state index is 0.00963. The van der Waals surface area contributed by atoms with Crippen molar-refractivity contribution in [3.63, 3.8) is 0 Å². The molecule has 0 aromatic heterocycles. The van der Waals surface area contributed by atoms with E-state index in [4.69, 9.17) is 9.47 Å². The first-order valence-corrected chi connectivity index (χ1v) is 10.7. The van der Waals surface area contributed by atoms with Gasteiger partial charge in [0.15, 0.2) is 0 Å². The molecule has 2 saturated heterocycles. The zero-order valence-electron chi connectivity index (χ0n) is 17.6. The van der Waals surface area contributed by atoms with Gasteiger partial charge >= 0.3 is 0 Å². The van der Waals surface area contributed by atoms with Crippen molar-refractivity contribution in [2.45, 2.75) is 38.0 Å². The molecule has 0 spiro atoms. The largest absolute Gasteiger partial charge is 0.394 e. The number of ether oxygens (including phenoxy) is 2. The lowest BCUT2D eigenvalue weighted by atomic mass is 9.95. The van der Waals surface area contributed by atoms with Gasteiger partial charge in [-0.05, 0) is 49.1 Å². The maximum absolute atomic E-state index is 12.6. The average molecular weight is 424 g/mol. The molecule has 2 fully saturated rings. The van der Waals surface area contributed by atoms with Crippen molar-refractivity contribution in [3.05, 3.63) is 65.2 Å². The van der Waals surface area contributed by atoms with Gasteiger partial charge in [0, 0.05) is 30.5 Å². The van der Waals surface area contributed by atoms with Crippen LogP contribution in [0, 0.1) is 6.92 Å². The lowest BCUT2D eigenvalue weighted by Crippen LogP contribution is -2.57. The molecule has 0 radical (unpaired) electrons. The first kappa shape index (κ1) is 21.5. The Kier molecular flexibility index (Phi) is 6.65. The maximum Gasteiger partial charge on any atom is 0.255 e. The summed E-state index contributed by atoms with van der Waals surface area (Å²) in [5.74, 6) is -0.256. The van der Waals surface area contributed by atoms with Crippen molar-refractivity contribution >= 4 is 17.5 Å². The molecule has 2 aromatic carbocycles. The number of aliphatic hydroxyl groups is 1. The lowest BCUT2D eigenvalue weighted by Gasteiger charge is -2.45. The van der Waals surface area contributed by atoms with E-state index in [1.807, 2.05) is 49.4 Å². The Hall–Kier alpha value is -2.74. The summed E-state index contributed by atoms with van der Waals surface area (Å²) in [6.45, 7) is 2.95. The van der Waals surface area contributed by atoms with E-state index in [0.717, 1.165) is 24.0 Å². The number of carbonyl (C=O) groups excluding carboxylic acids is 2. The van der Waals surface area contributed by atoms with Gasteiger partial charge in [-0.1, -0.05) is 30.3 Å². The Bertz CT molecular complexity index is 924. The first-order chi connectivity index (χ1) is 15.1. The van der Waals surface area contributed by atoms with E-state index in [-0.39, 0.29) is 31.1 Å². The van der Waals surface area contributed by atoms with Crippen LogP contribution in [0.2, 0.25) is 0 Å². The molecule has 0 aliphatic carbocycles. The molecule has 31 heavy (non-hydrogen) atoms. The molecule has 2 heterocycles. The lowest BCUT2D eigenvalue weighted by molar-refractivity contribution is -0.168. The van der Waals surface area contributed by atoms with Crippen LogP contribution >= 0.6 is 0 Å². The Morgan fingerprint density at radius 3 is 2.52 bits per heavy atom. The third kappa shape index (κ3) is 4.63.